The third-order valence-corrected chi connectivity index (χ3v) is 4.43. The van der Waals surface area contributed by atoms with Gasteiger partial charge in [0.1, 0.15) is 12.7 Å². The molecule has 3 heterocycles. The van der Waals surface area contributed by atoms with Gasteiger partial charge in [0.25, 0.3) is 5.91 Å². The molecule has 28 heavy (non-hydrogen) atoms. The lowest BCUT2D eigenvalue weighted by molar-refractivity contribution is 0.102. The molecule has 1 aromatic carbocycles. The fraction of sp³-hybridized carbons (Fsp3) is 0.167. The molecule has 0 radical (unpaired) electrons. The zero-order valence-electron chi connectivity index (χ0n) is 14.7. The number of anilines is 1. The number of hydrogen-bond acceptors (Lipinski definition) is 7. The summed E-state index contributed by atoms with van der Waals surface area (Å²) in [6.07, 6.45) is 6.67. The van der Waals surface area contributed by atoms with Crippen LogP contribution in [-0.4, -0.2) is 45.9 Å². The first-order valence-corrected chi connectivity index (χ1v) is 8.78. The van der Waals surface area contributed by atoms with Crippen LogP contribution in [0.3, 0.4) is 0 Å². The molecule has 3 aromatic heterocycles. The van der Waals surface area contributed by atoms with E-state index < -0.39 is 0 Å². The predicted octanol–water partition coefficient (Wildman–Crippen LogP) is 1.90. The molecule has 10 nitrogen and oxygen atoms in total. The highest BCUT2D eigenvalue weighted by Gasteiger charge is 2.28. The zero-order valence-corrected chi connectivity index (χ0v) is 14.7. The van der Waals surface area contributed by atoms with Gasteiger partial charge in [0.05, 0.1) is 6.04 Å². The molecule has 1 fully saturated rings. The molecular formula is C18H15N9O. The average molecular weight is 373 g/mol. The molecule has 4 aromatic rings. The number of benzene rings is 1. The van der Waals surface area contributed by atoms with Crippen molar-refractivity contribution < 1.29 is 4.79 Å². The topological polar surface area (TPSA) is 116 Å². The fourth-order valence-corrected chi connectivity index (χ4v) is 2.90. The minimum absolute atomic E-state index is 0.247. The SMILES string of the molecule is O=C(Nc1cccc(-c2nnnn2C2CC2)c1)c1ccnc(-n2cncn2)c1. The van der Waals surface area contributed by atoms with E-state index in [2.05, 4.69) is 35.9 Å². The van der Waals surface area contributed by atoms with Crippen LogP contribution in [0.4, 0.5) is 5.69 Å². The molecule has 1 N–H and O–H groups in total. The number of rotatable bonds is 5. The summed E-state index contributed by atoms with van der Waals surface area (Å²) in [5.74, 6) is 0.973. The maximum absolute atomic E-state index is 12.7. The summed E-state index contributed by atoms with van der Waals surface area (Å²) >= 11 is 0. The molecule has 0 atom stereocenters. The van der Waals surface area contributed by atoms with Crippen LogP contribution in [0, 0.1) is 0 Å². The summed E-state index contributed by atoms with van der Waals surface area (Å²) in [7, 11) is 0. The second kappa shape index (κ2) is 6.65. The van der Waals surface area contributed by atoms with Crippen LogP contribution in [0.25, 0.3) is 17.2 Å². The van der Waals surface area contributed by atoms with Crippen LogP contribution in [0.15, 0.2) is 55.2 Å². The van der Waals surface area contributed by atoms with Crippen LogP contribution in [0.2, 0.25) is 0 Å². The van der Waals surface area contributed by atoms with E-state index in [4.69, 9.17) is 0 Å². The Kier molecular flexibility index (Phi) is 3.86. The Balaban J connectivity index is 1.38. The van der Waals surface area contributed by atoms with Crippen LogP contribution in [-0.2, 0) is 0 Å². The van der Waals surface area contributed by atoms with E-state index in [1.165, 1.54) is 17.3 Å². The molecule has 0 spiro atoms. The Hall–Kier alpha value is -3.95. The van der Waals surface area contributed by atoms with Gasteiger partial charge >= 0.3 is 0 Å². The van der Waals surface area contributed by atoms with Crippen LogP contribution in [0.1, 0.15) is 29.2 Å². The molecule has 1 amide bonds. The van der Waals surface area contributed by atoms with Crippen molar-refractivity contribution in [2.24, 2.45) is 0 Å². The summed E-state index contributed by atoms with van der Waals surface area (Å²) in [5.41, 5.74) is 1.98. The van der Waals surface area contributed by atoms with Gasteiger partial charge in [0, 0.05) is 23.0 Å². The van der Waals surface area contributed by atoms with Crippen molar-refractivity contribution in [2.45, 2.75) is 18.9 Å². The first-order chi connectivity index (χ1) is 13.8. The number of aromatic nitrogens is 8. The first-order valence-electron chi connectivity index (χ1n) is 8.78. The molecule has 138 valence electrons. The molecule has 0 unspecified atom stereocenters. The summed E-state index contributed by atoms with van der Waals surface area (Å²) in [5, 5.41) is 18.9. The molecule has 1 aliphatic carbocycles. The lowest BCUT2D eigenvalue weighted by atomic mass is 10.1. The number of pyridine rings is 1. The maximum Gasteiger partial charge on any atom is 0.255 e. The van der Waals surface area contributed by atoms with E-state index in [1.807, 2.05) is 28.9 Å². The molecule has 1 aliphatic rings. The van der Waals surface area contributed by atoms with E-state index in [-0.39, 0.29) is 5.91 Å². The minimum Gasteiger partial charge on any atom is -0.322 e. The minimum atomic E-state index is -0.247. The zero-order chi connectivity index (χ0) is 18.9. The molecule has 0 saturated heterocycles. The summed E-state index contributed by atoms with van der Waals surface area (Å²) in [4.78, 5) is 20.8. The van der Waals surface area contributed by atoms with Crippen LogP contribution in [0.5, 0.6) is 0 Å². The monoisotopic (exact) mass is 373 g/mol. The standard InChI is InChI=1S/C18H15N9O/c28-18(13-6-7-20-16(9-13)26-11-19-10-21-26)22-14-3-1-2-12(8-14)17-23-24-25-27(17)15-4-5-15/h1-3,6-11,15H,4-5H2,(H,22,28). The second-order valence-electron chi connectivity index (χ2n) is 6.46. The van der Waals surface area contributed by atoms with Gasteiger partial charge in [-0.25, -0.2) is 19.3 Å². The van der Waals surface area contributed by atoms with Crippen molar-refractivity contribution in [1.82, 2.24) is 40.0 Å². The average Bonchev–Trinajstić information content (AvgIpc) is 3.21. The van der Waals surface area contributed by atoms with E-state index in [0.29, 0.717) is 28.9 Å². The molecule has 5 rings (SSSR count). The molecule has 10 heteroatoms. The third kappa shape index (κ3) is 3.11. The van der Waals surface area contributed by atoms with Crippen molar-refractivity contribution in [2.75, 3.05) is 5.32 Å². The van der Waals surface area contributed by atoms with Gasteiger partial charge in [0.15, 0.2) is 11.6 Å². The van der Waals surface area contributed by atoms with E-state index in [9.17, 15) is 4.79 Å². The van der Waals surface area contributed by atoms with Gasteiger partial charge in [-0.15, -0.1) is 5.10 Å². The van der Waals surface area contributed by atoms with Crippen molar-refractivity contribution in [3.8, 4) is 17.2 Å². The Morgan fingerprint density at radius 2 is 2.11 bits per heavy atom. The van der Waals surface area contributed by atoms with Crippen molar-refractivity contribution in [3.63, 3.8) is 0 Å². The van der Waals surface area contributed by atoms with Gasteiger partial charge in [0.2, 0.25) is 0 Å². The van der Waals surface area contributed by atoms with Crippen molar-refractivity contribution in [3.05, 3.63) is 60.8 Å². The van der Waals surface area contributed by atoms with Gasteiger partial charge in [-0.3, -0.25) is 4.79 Å². The fourth-order valence-electron chi connectivity index (χ4n) is 2.90. The number of tetrazole rings is 1. The lowest BCUT2D eigenvalue weighted by Crippen LogP contribution is -2.13. The predicted molar refractivity (Wildman–Crippen MR) is 98.6 cm³/mol. The number of amides is 1. The lowest BCUT2D eigenvalue weighted by Gasteiger charge is -2.08. The summed E-state index contributed by atoms with van der Waals surface area (Å²) in [6, 6.07) is 11.2. The number of nitrogens with one attached hydrogen (secondary N) is 1. The van der Waals surface area contributed by atoms with E-state index in [0.717, 1.165) is 18.4 Å². The van der Waals surface area contributed by atoms with E-state index >= 15 is 0 Å². The number of carbonyl (C=O) groups is 1. The second-order valence-corrected chi connectivity index (χ2v) is 6.46. The Bertz CT molecular complexity index is 1130. The Morgan fingerprint density at radius 1 is 1.18 bits per heavy atom. The number of carbonyl (C=O) groups excluding carboxylic acids is 1. The number of nitrogens with zero attached hydrogens (tertiary/aromatic N) is 8. The quantitative estimate of drug-likeness (QED) is 0.568. The van der Waals surface area contributed by atoms with E-state index in [1.54, 1.807) is 18.3 Å². The number of hydrogen-bond donors (Lipinski definition) is 1. The maximum atomic E-state index is 12.7. The molecule has 0 bridgehead atoms. The Labute approximate surface area is 159 Å². The first kappa shape index (κ1) is 16.2. The van der Waals surface area contributed by atoms with Gasteiger partial charge in [-0.05, 0) is 47.5 Å². The van der Waals surface area contributed by atoms with Gasteiger partial charge in [-0.2, -0.15) is 5.10 Å². The summed E-state index contributed by atoms with van der Waals surface area (Å²) in [6.45, 7) is 0. The normalized spacial score (nSPS) is 13.4. The highest BCUT2D eigenvalue weighted by Crippen LogP contribution is 2.36. The van der Waals surface area contributed by atoms with Crippen molar-refractivity contribution in [1.29, 1.82) is 0 Å². The van der Waals surface area contributed by atoms with Crippen molar-refractivity contribution >= 4 is 11.6 Å². The highest BCUT2D eigenvalue weighted by molar-refractivity contribution is 6.04. The highest BCUT2D eigenvalue weighted by atomic mass is 16.1. The van der Waals surface area contributed by atoms with Gasteiger partial charge in [-0.1, -0.05) is 12.1 Å². The largest absolute Gasteiger partial charge is 0.322 e. The third-order valence-electron chi connectivity index (χ3n) is 4.43. The smallest absolute Gasteiger partial charge is 0.255 e. The van der Waals surface area contributed by atoms with Crippen LogP contribution >= 0.6 is 0 Å². The van der Waals surface area contributed by atoms with Gasteiger partial charge < -0.3 is 5.32 Å². The van der Waals surface area contributed by atoms with Crippen LogP contribution < -0.4 is 5.32 Å². The molecular weight excluding hydrogens is 358 g/mol. The summed E-state index contributed by atoms with van der Waals surface area (Å²) < 4.78 is 3.34. The Morgan fingerprint density at radius 3 is 2.93 bits per heavy atom. The molecule has 1 saturated carbocycles. The molecule has 0 aliphatic heterocycles.